The Morgan fingerprint density at radius 2 is 1.76 bits per heavy atom. The molecule has 1 atom stereocenters. The Morgan fingerprint density at radius 1 is 1.03 bits per heavy atom. The van der Waals surface area contributed by atoms with Crippen molar-refractivity contribution in [2.24, 2.45) is 12.5 Å². The largest absolute Gasteiger partial charge is 0.435 e. The molecule has 2 aromatic carbocycles. The van der Waals surface area contributed by atoms with Gasteiger partial charge in [-0.25, -0.2) is 14.1 Å². The second kappa shape index (κ2) is 7.54. The fraction of sp³-hybridized carbons (Fsp3) is 0.208. The highest BCUT2D eigenvalue weighted by atomic mass is 19.1. The lowest BCUT2D eigenvalue weighted by atomic mass is 9.70. The van der Waals surface area contributed by atoms with Crippen molar-refractivity contribution in [1.29, 1.82) is 0 Å². The lowest BCUT2D eigenvalue weighted by molar-refractivity contribution is -0.139. The third kappa shape index (κ3) is 3.36. The lowest BCUT2D eigenvalue weighted by Gasteiger charge is -2.35. The first-order valence-electron chi connectivity index (χ1n) is 10.3. The summed E-state index contributed by atoms with van der Waals surface area (Å²) in [5.41, 5.74) is 1.70. The van der Waals surface area contributed by atoms with E-state index < -0.39 is 23.2 Å². The Labute approximate surface area is 188 Å². The molecule has 7 nitrogen and oxygen atoms in total. The molecule has 2 aromatic heterocycles. The molecule has 1 aliphatic rings. The van der Waals surface area contributed by atoms with E-state index in [1.807, 2.05) is 24.3 Å². The van der Waals surface area contributed by atoms with Gasteiger partial charge in [-0.3, -0.25) is 4.79 Å². The highest BCUT2D eigenvalue weighted by molar-refractivity contribution is 5.78. The monoisotopic (exact) mass is 447 g/mol. The van der Waals surface area contributed by atoms with E-state index in [9.17, 15) is 13.6 Å². The topological polar surface area (TPSA) is 82.8 Å². The van der Waals surface area contributed by atoms with Crippen LogP contribution in [0.1, 0.15) is 30.9 Å². The molecule has 0 fully saturated rings. The van der Waals surface area contributed by atoms with Crippen LogP contribution in [0, 0.1) is 11.2 Å². The maximum Gasteiger partial charge on any atom is 0.307 e. The van der Waals surface area contributed by atoms with Gasteiger partial charge in [-0.1, -0.05) is 42.5 Å². The first kappa shape index (κ1) is 20.9. The van der Waals surface area contributed by atoms with Crippen molar-refractivity contribution in [2.45, 2.75) is 19.8 Å². The number of hydrogen-bond donors (Lipinski definition) is 0. The van der Waals surface area contributed by atoms with E-state index in [1.165, 1.54) is 26.0 Å². The molecule has 166 valence electrons. The number of carbonyl (C=O) groups excluding carboxylic acids is 1. The van der Waals surface area contributed by atoms with E-state index in [-0.39, 0.29) is 11.6 Å². The molecular weight excluding hydrogens is 428 g/mol. The zero-order chi connectivity index (χ0) is 23.3. The standard InChI is InChI=1S/C24H19F2N5O2/c1-24(2,23(26)32)19-15-5-4-6-17(25)20(15)33-22-16(19)11-12-18(27-22)13-7-9-14(10-8-13)21-28-29-30-31(21)3/h4-12,19H,1-3H3. The first-order valence-corrected chi connectivity index (χ1v) is 10.3. The molecule has 0 N–H and O–H groups in total. The molecule has 0 saturated heterocycles. The number of aromatic nitrogens is 5. The number of aryl methyl sites for hydroxylation is 1. The normalized spacial score (nSPS) is 14.9. The van der Waals surface area contributed by atoms with Crippen molar-refractivity contribution in [3.63, 3.8) is 0 Å². The van der Waals surface area contributed by atoms with Crippen molar-refractivity contribution in [2.75, 3.05) is 0 Å². The van der Waals surface area contributed by atoms with Gasteiger partial charge >= 0.3 is 6.04 Å². The molecule has 9 heteroatoms. The summed E-state index contributed by atoms with van der Waals surface area (Å²) < 4.78 is 36.1. The third-order valence-electron chi connectivity index (χ3n) is 6.00. The molecule has 0 amide bonds. The summed E-state index contributed by atoms with van der Waals surface area (Å²) in [6.45, 7) is 3.00. The summed E-state index contributed by atoms with van der Waals surface area (Å²) >= 11 is 0. The van der Waals surface area contributed by atoms with Crippen LogP contribution >= 0.6 is 0 Å². The summed E-state index contributed by atoms with van der Waals surface area (Å²) in [7, 11) is 1.75. The number of nitrogens with zero attached hydrogens (tertiary/aromatic N) is 5. The second-order valence-electron chi connectivity index (χ2n) is 8.48. The van der Waals surface area contributed by atoms with Crippen molar-refractivity contribution >= 4 is 6.04 Å². The molecule has 0 bridgehead atoms. The molecule has 4 aromatic rings. The van der Waals surface area contributed by atoms with Crippen molar-refractivity contribution in [1.82, 2.24) is 25.2 Å². The highest BCUT2D eigenvalue weighted by Crippen LogP contribution is 2.52. The molecule has 1 aliphatic heterocycles. The summed E-state index contributed by atoms with van der Waals surface area (Å²) in [5.74, 6) is -0.627. The van der Waals surface area contributed by atoms with Gasteiger partial charge in [0.15, 0.2) is 17.4 Å². The summed E-state index contributed by atoms with van der Waals surface area (Å²) in [5, 5.41) is 11.5. The Balaban J connectivity index is 1.59. The first-order chi connectivity index (χ1) is 15.8. The van der Waals surface area contributed by atoms with Crippen LogP contribution in [-0.4, -0.2) is 31.2 Å². The Bertz CT molecular complexity index is 1380. The number of halogens is 2. The summed E-state index contributed by atoms with van der Waals surface area (Å²) in [6, 6.07) is 13.9. The van der Waals surface area contributed by atoms with Gasteiger partial charge in [0.2, 0.25) is 5.88 Å². The smallest absolute Gasteiger partial charge is 0.307 e. The van der Waals surface area contributed by atoms with Crippen molar-refractivity contribution in [3.8, 4) is 34.3 Å². The molecule has 5 rings (SSSR count). The zero-order valence-electron chi connectivity index (χ0n) is 18.1. The van der Waals surface area contributed by atoms with Gasteiger partial charge in [-0.15, -0.1) is 5.10 Å². The molecule has 0 aliphatic carbocycles. The van der Waals surface area contributed by atoms with Gasteiger partial charge in [-0.2, -0.15) is 4.39 Å². The number of hydrogen-bond acceptors (Lipinski definition) is 6. The van der Waals surface area contributed by atoms with E-state index in [0.29, 0.717) is 22.6 Å². The fourth-order valence-corrected chi connectivity index (χ4v) is 4.19. The minimum absolute atomic E-state index is 0.0425. The Kier molecular flexibility index (Phi) is 4.77. The van der Waals surface area contributed by atoms with Crippen LogP contribution < -0.4 is 4.74 Å². The molecule has 3 heterocycles. The SMILES string of the molecule is Cn1nnnc1-c1ccc(-c2ccc3c(n2)Oc2c(F)cccc2C3C(C)(C)C(=O)F)cc1. The summed E-state index contributed by atoms with van der Waals surface area (Å²) in [4.78, 5) is 16.5. The lowest BCUT2D eigenvalue weighted by Crippen LogP contribution is -2.32. The molecule has 33 heavy (non-hydrogen) atoms. The molecule has 1 unspecified atom stereocenters. The average Bonchev–Trinajstić information content (AvgIpc) is 3.23. The number of carbonyl (C=O) groups is 1. The minimum Gasteiger partial charge on any atom is -0.435 e. The number of fused-ring (bicyclic) bond motifs is 2. The quantitative estimate of drug-likeness (QED) is 0.417. The number of tetrazole rings is 1. The van der Waals surface area contributed by atoms with Gasteiger partial charge in [0.1, 0.15) is 0 Å². The molecule has 0 saturated carbocycles. The van der Waals surface area contributed by atoms with Gasteiger partial charge in [0.25, 0.3) is 0 Å². The van der Waals surface area contributed by atoms with Crippen LogP contribution in [0.4, 0.5) is 8.78 Å². The molecular formula is C24H19F2N5O2. The maximum absolute atomic E-state index is 14.6. The Hall–Kier alpha value is -4.01. The van der Waals surface area contributed by atoms with Crippen LogP contribution in [-0.2, 0) is 11.8 Å². The predicted molar refractivity (Wildman–Crippen MR) is 116 cm³/mol. The van der Waals surface area contributed by atoms with Crippen LogP contribution in [0.2, 0.25) is 0 Å². The highest BCUT2D eigenvalue weighted by Gasteiger charge is 2.45. The Morgan fingerprint density at radius 3 is 2.42 bits per heavy atom. The number of pyridine rings is 1. The van der Waals surface area contributed by atoms with E-state index in [0.717, 1.165) is 11.1 Å². The fourth-order valence-electron chi connectivity index (χ4n) is 4.19. The second-order valence-corrected chi connectivity index (χ2v) is 8.48. The van der Waals surface area contributed by atoms with Crippen molar-refractivity contribution < 1.29 is 18.3 Å². The van der Waals surface area contributed by atoms with Gasteiger partial charge in [-0.05, 0) is 36.4 Å². The van der Waals surface area contributed by atoms with E-state index in [1.54, 1.807) is 29.9 Å². The third-order valence-corrected chi connectivity index (χ3v) is 6.00. The summed E-state index contributed by atoms with van der Waals surface area (Å²) in [6.07, 6.45) is 0. The predicted octanol–water partition coefficient (Wildman–Crippen LogP) is 4.84. The van der Waals surface area contributed by atoms with Crippen LogP contribution in [0.3, 0.4) is 0 Å². The van der Waals surface area contributed by atoms with Crippen LogP contribution in [0.15, 0.2) is 54.6 Å². The number of rotatable bonds is 4. The number of para-hydroxylation sites is 1. The number of ether oxygens (including phenoxy) is 1. The van der Waals surface area contributed by atoms with Crippen molar-refractivity contribution in [3.05, 3.63) is 71.5 Å². The maximum atomic E-state index is 14.6. The van der Waals surface area contributed by atoms with E-state index >= 15 is 0 Å². The number of benzene rings is 2. The average molecular weight is 447 g/mol. The molecule has 0 spiro atoms. The van der Waals surface area contributed by atoms with Gasteiger partial charge < -0.3 is 4.74 Å². The minimum atomic E-state index is -1.49. The van der Waals surface area contributed by atoms with Gasteiger partial charge in [0.05, 0.1) is 11.1 Å². The van der Waals surface area contributed by atoms with Crippen LogP contribution in [0.5, 0.6) is 11.6 Å². The van der Waals surface area contributed by atoms with E-state index in [2.05, 4.69) is 20.5 Å². The van der Waals surface area contributed by atoms with E-state index in [4.69, 9.17) is 4.74 Å². The van der Waals surface area contributed by atoms with Gasteiger partial charge in [0, 0.05) is 35.2 Å². The van der Waals surface area contributed by atoms with Crippen LogP contribution in [0.25, 0.3) is 22.6 Å². The zero-order valence-corrected chi connectivity index (χ0v) is 18.1. The molecule has 0 radical (unpaired) electrons.